The molecule has 2 aliphatic carbocycles. The Balaban J connectivity index is 1.25. The van der Waals surface area contributed by atoms with E-state index in [4.69, 9.17) is 21.1 Å². The Kier molecular flexibility index (Phi) is 3.86. The van der Waals surface area contributed by atoms with Gasteiger partial charge >= 0.3 is 5.97 Å². The van der Waals surface area contributed by atoms with Crippen molar-refractivity contribution in [3.8, 4) is 11.5 Å². The van der Waals surface area contributed by atoms with Gasteiger partial charge in [0, 0.05) is 16.6 Å². The van der Waals surface area contributed by atoms with Crippen LogP contribution in [0.5, 0.6) is 11.5 Å². The molecule has 1 heterocycles. The van der Waals surface area contributed by atoms with Gasteiger partial charge in [0.05, 0.1) is 11.8 Å². The molecule has 0 unspecified atom stereocenters. The first-order valence-electron chi connectivity index (χ1n) is 9.13. The van der Waals surface area contributed by atoms with Crippen molar-refractivity contribution in [3.05, 3.63) is 53.6 Å². The van der Waals surface area contributed by atoms with Crippen molar-refractivity contribution in [1.29, 1.82) is 0 Å². The number of amides is 1. The van der Waals surface area contributed by atoms with E-state index in [0.29, 0.717) is 22.2 Å². The van der Waals surface area contributed by atoms with Crippen LogP contribution in [0, 0.1) is 23.7 Å². The minimum atomic E-state index is -0.272. The largest absolute Gasteiger partial charge is 0.462 e. The van der Waals surface area contributed by atoms with Crippen LogP contribution in [0.2, 0.25) is 5.02 Å². The Hall–Kier alpha value is -2.53. The van der Waals surface area contributed by atoms with Crippen molar-refractivity contribution < 1.29 is 19.1 Å². The zero-order valence-corrected chi connectivity index (χ0v) is 15.2. The van der Waals surface area contributed by atoms with Gasteiger partial charge < -0.3 is 14.8 Å². The maximum atomic E-state index is 12.8. The molecule has 138 valence electrons. The number of rotatable bonds is 4. The van der Waals surface area contributed by atoms with Crippen LogP contribution in [0.3, 0.4) is 0 Å². The van der Waals surface area contributed by atoms with Crippen molar-refractivity contribution in [1.82, 2.24) is 0 Å². The summed E-state index contributed by atoms with van der Waals surface area (Å²) in [6.07, 6.45) is 1.78. The minimum absolute atomic E-state index is 0.0425. The molecule has 1 amide bonds. The maximum absolute atomic E-state index is 12.8. The number of halogens is 1. The van der Waals surface area contributed by atoms with Crippen molar-refractivity contribution >= 4 is 29.2 Å². The summed E-state index contributed by atoms with van der Waals surface area (Å²) in [5.74, 6) is 1.02. The molecule has 27 heavy (non-hydrogen) atoms. The molecule has 5 nitrogen and oxygen atoms in total. The fourth-order valence-corrected chi connectivity index (χ4v) is 4.96. The van der Waals surface area contributed by atoms with E-state index in [1.54, 1.807) is 48.5 Å². The van der Waals surface area contributed by atoms with Crippen LogP contribution in [0.4, 0.5) is 5.69 Å². The van der Waals surface area contributed by atoms with E-state index in [1.165, 1.54) is 0 Å². The molecule has 2 saturated carbocycles. The average molecular weight is 384 g/mol. The van der Waals surface area contributed by atoms with Gasteiger partial charge in [0.2, 0.25) is 5.91 Å². The summed E-state index contributed by atoms with van der Waals surface area (Å²) in [6.45, 7) is 0. The van der Waals surface area contributed by atoms with Crippen LogP contribution in [0.1, 0.15) is 12.8 Å². The highest BCUT2D eigenvalue weighted by Gasteiger charge is 2.63. The molecule has 0 aromatic heterocycles. The molecule has 0 radical (unpaired) electrons. The Bertz CT molecular complexity index is 893. The van der Waals surface area contributed by atoms with Gasteiger partial charge in [0.15, 0.2) is 0 Å². The highest BCUT2D eigenvalue weighted by atomic mass is 35.5. The quantitative estimate of drug-likeness (QED) is 0.801. The number of fused-ring (bicyclic) bond motifs is 1. The second-order valence-electron chi connectivity index (χ2n) is 7.49. The number of carbonyl (C=O) groups excluding carboxylic acids is 2. The van der Waals surface area contributed by atoms with Crippen LogP contribution < -0.4 is 10.1 Å². The number of hydrogen-bond acceptors (Lipinski definition) is 4. The first-order chi connectivity index (χ1) is 13.1. The third-order valence-corrected chi connectivity index (χ3v) is 6.21. The number of benzene rings is 2. The predicted molar refractivity (Wildman–Crippen MR) is 99.7 cm³/mol. The zero-order chi connectivity index (χ0) is 18.5. The molecule has 5 rings (SSSR count). The van der Waals surface area contributed by atoms with Gasteiger partial charge in [-0.05, 0) is 67.3 Å². The Morgan fingerprint density at radius 1 is 1.04 bits per heavy atom. The third-order valence-electron chi connectivity index (χ3n) is 5.96. The lowest BCUT2D eigenvalue weighted by molar-refractivity contribution is -0.145. The Labute approximate surface area is 161 Å². The number of carbonyl (C=O) groups is 2. The molecule has 1 saturated heterocycles. The van der Waals surface area contributed by atoms with Crippen molar-refractivity contribution in [2.45, 2.75) is 18.9 Å². The Morgan fingerprint density at radius 3 is 2.41 bits per heavy atom. The van der Waals surface area contributed by atoms with Crippen molar-refractivity contribution in [2.75, 3.05) is 5.32 Å². The molecule has 1 aliphatic heterocycles. The molecule has 5 atom stereocenters. The number of anilines is 1. The number of nitrogens with one attached hydrogen (secondary N) is 1. The lowest BCUT2D eigenvalue weighted by Gasteiger charge is -2.23. The SMILES string of the molecule is O=C(Nc1ccc(Oc2ccc(Cl)cc2)cc1)[C@@H]1[C@@H]2C[C@H]3[C@H]1C(=O)O[C@@H]3C2. The van der Waals surface area contributed by atoms with Gasteiger partial charge in [0.1, 0.15) is 17.6 Å². The molecule has 3 fully saturated rings. The van der Waals surface area contributed by atoms with Gasteiger partial charge in [-0.3, -0.25) is 9.59 Å². The predicted octanol–water partition coefficient (Wildman–Crippen LogP) is 4.27. The zero-order valence-electron chi connectivity index (χ0n) is 14.4. The number of esters is 1. The first kappa shape index (κ1) is 16.6. The van der Waals surface area contributed by atoms with Crippen LogP contribution in [0.15, 0.2) is 48.5 Å². The highest BCUT2D eigenvalue weighted by Crippen LogP contribution is 2.57. The van der Waals surface area contributed by atoms with Crippen LogP contribution in [-0.2, 0) is 14.3 Å². The van der Waals surface area contributed by atoms with Gasteiger partial charge in [-0.15, -0.1) is 0 Å². The summed E-state index contributed by atoms with van der Waals surface area (Å²) in [5, 5.41) is 3.60. The van der Waals surface area contributed by atoms with E-state index in [2.05, 4.69) is 5.32 Å². The smallest absolute Gasteiger partial charge is 0.310 e. The average Bonchev–Trinajstić information content (AvgIpc) is 3.27. The van der Waals surface area contributed by atoms with Gasteiger partial charge in [-0.25, -0.2) is 0 Å². The van der Waals surface area contributed by atoms with Gasteiger partial charge in [-0.1, -0.05) is 11.6 Å². The summed E-state index contributed by atoms with van der Waals surface area (Å²) >= 11 is 5.87. The molecular formula is C21H18ClNO4. The topological polar surface area (TPSA) is 64.6 Å². The molecule has 3 aliphatic rings. The lowest BCUT2D eigenvalue weighted by atomic mass is 9.79. The van der Waals surface area contributed by atoms with E-state index >= 15 is 0 Å². The molecule has 2 bridgehead atoms. The number of ether oxygens (including phenoxy) is 2. The molecular weight excluding hydrogens is 366 g/mol. The van der Waals surface area contributed by atoms with Crippen LogP contribution in [-0.4, -0.2) is 18.0 Å². The highest BCUT2D eigenvalue weighted by molar-refractivity contribution is 6.30. The summed E-state index contributed by atoms with van der Waals surface area (Å²) in [6, 6.07) is 14.3. The summed E-state index contributed by atoms with van der Waals surface area (Å²) in [7, 11) is 0. The maximum Gasteiger partial charge on any atom is 0.310 e. The van der Waals surface area contributed by atoms with Gasteiger partial charge in [-0.2, -0.15) is 0 Å². The molecule has 1 N–H and O–H groups in total. The van der Waals surface area contributed by atoms with Crippen molar-refractivity contribution in [2.24, 2.45) is 23.7 Å². The standard InChI is InChI=1S/C21H18ClNO4/c22-12-1-5-14(6-2-12)26-15-7-3-13(4-8-15)23-20(24)18-11-9-16-17(10-11)27-21(25)19(16)18/h1-8,11,16-19H,9-10H2,(H,23,24)/t11-,16-,17-,18-,19-/m1/s1. The van der Waals surface area contributed by atoms with Gasteiger partial charge in [0.25, 0.3) is 0 Å². The van der Waals surface area contributed by atoms with Crippen LogP contribution >= 0.6 is 11.6 Å². The molecule has 2 aromatic carbocycles. The second-order valence-corrected chi connectivity index (χ2v) is 7.93. The summed E-state index contributed by atoms with van der Waals surface area (Å²) in [5.41, 5.74) is 0.689. The minimum Gasteiger partial charge on any atom is -0.462 e. The lowest BCUT2D eigenvalue weighted by Crippen LogP contribution is -2.35. The monoisotopic (exact) mass is 383 g/mol. The fourth-order valence-electron chi connectivity index (χ4n) is 4.83. The van der Waals surface area contributed by atoms with E-state index in [9.17, 15) is 9.59 Å². The van der Waals surface area contributed by atoms with Crippen LogP contribution in [0.25, 0.3) is 0 Å². The summed E-state index contributed by atoms with van der Waals surface area (Å²) < 4.78 is 11.2. The summed E-state index contributed by atoms with van der Waals surface area (Å²) in [4.78, 5) is 24.9. The van der Waals surface area contributed by atoms with Crippen molar-refractivity contribution in [3.63, 3.8) is 0 Å². The van der Waals surface area contributed by atoms with E-state index < -0.39 is 0 Å². The molecule has 2 aromatic rings. The number of hydrogen-bond donors (Lipinski definition) is 1. The fraction of sp³-hybridized carbons (Fsp3) is 0.333. The Morgan fingerprint density at radius 2 is 1.70 bits per heavy atom. The third kappa shape index (κ3) is 2.86. The molecule has 6 heteroatoms. The van der Waals surface area contributed by atoms with E-state index in [-0.39, 0.29) is 41.7 Å². The first-order valence-corrected chi connectivity index (χ1v) is 9.51. The van der Waals surface area contributed by atoms with E-state index in [0.717, 1.165) is 12.8 Å². The normalized spacial score (nSPS) is 30.3. The van der Waals surface area contributed by atoms with E-state index in [1.807, 2.05) is 0 Å². The second kappa shape index (κ2) is 6.27. The molecule has 0 spiro atoms.